The average molecular weight is 740 g/mol. The van der Waals surface area contributed by atoms with E-state index in [0.29, 0.717) is 16.7 Å². The smallest absolute Gasteiger partial charge is 0.326 e. The van der Waals surface area contributed by atoms with Crippen molar-refractivity contribution < 1.29 is 43.2 Å². The van der Waals surface area contributed by atoms with Crippen molar-refractivity contribution in [2.45, 2.75) is 62.6 Å². The fourth-order valence-corrected chi connectivity index (χ4v) is 7.08. The Balaban J connectivity index is 1.64. The van der Waals surface area contributed by atoms with E-state index in [1.165, 1.54) is 25.1 Å². The summed E-state index contributed by atoms with van der Waals surface area (Å²) in [5.41, 5.74) is 3.12. The van der Waals surface area contributed by atoms with Crippen LogP contribution in [0.5, 0.6) is 0 Å². The summed E-state index contributed by atoms with van der Waals surface area (Å²) < 4.78 is 34.2. The van der Waals surface area contributed by atoms with Crippen LogP contribution in [-0.2, 0) is 43.7 Å². The molecule has 5 aromatic rings. The maximum Gasteiger partial charge on any atom is 0.326 e. The highest BCUT2D eigenvalue weighted by atomic mass is 16.9. The Morgan fingerprint density at radius 3 is 1.96 bits per heavy atom. The molecule has 3 heterocycles. The molecule has 1 aliphatic rings. The highest BCUT2D eigenvalue weighted by molar-refractivity contribution is 5.91. The molecular formula is C39H41N5O10. The highest BCUT2D eigenvalue weighted by Crippen LogP contribution is 2.54. The van der Waals surface area contributed by atoms with Crippen molar-refractivity contribution in [1.29, 1.82) is 0 Å². The van der Waals surface area contributed by atoms with Crippen LogP contribution >= 0.6 is 0 Å². The molecule has 2 aromatic heterocycles. The lowest BCUT2D eigenvalue weighted by Gasteiger charge is -2.50. The van der Waals surface area contributed by atoms with Crippen molar-refractivity contribution in [1.82, 2.24) is 19.5 Å². The molecule has 3 aromatic carbocycles. The quantitative estimate of drug-likeness (QED) is 0.0778. The Labute approximate surface area is 310 Å². The van der Waals surface area contributed by atoms with Gasteiger partial charge in [0, 0.05) is 26.6 Å². The van der Waals surface area contributed by atoms with Crippen molar-refractivity contribution >= 4 is 34.8 Å². The van der Waals surface area contributed by atoms with E-state index in [4.69, 9.17) is 29.4 Å². The fraction of sp³-hybridized carbons (Fsp3) is 0.333. The number of rotatable bonds is 15. The summed E-state index contributed by atoms with van der Waals surface area (Å²) in [6.45, 7) is 3.26. The van der Waals surface area contributed by atoms with E-state index in [2.05, 4.69) is 15.0 Å². The number of carbonyl (C=O) groups excluding carboxylic acids is 2. The molecular weight excluding hydrogens is 698 g/mol. The number of anilines is 1. The van der Waals surface area contributed by atoms with Crippen LogP contribution in [0, 0.1) is 5.92 Å². The van der Waals surface area contributed by atoms with E-state index in [9.17, 15) is 19.5 Å². The number of H-pyrrole nitrogens is 1. The van der Waals surface area contributed by atoms with Gasteiger partial charge in [-0.3, -0.25) is 28.7 Å². The third-order valence-corrected chi connectivity index (χ3v) is 9.48. The van der Waals surface area contributed by atoms with Crippen LogP contribution in [0.4, 0.5) is 5.95 Å². The molecule has 0 saturated carbocycles. The van der Waals surface area contributed by atoms with Crippen LogP contribution in [0.3, 0.4) is 0 Å². The number of Topliss-reactive ketones (excluding diaryl/α,β-unsaturated/α-hetero) is 1. The molecule has 15 heteroatoms. The summed E-state index contributed by atoms with van der Waals surface area (Å²) in [5.74, 6) is -6.32. The number of methoxy groups -OCH3 is 2. The summed E-state index contributed by atoms with van der Waals surface area (Å²) in [7, 11) is 2.55. The molecule has 15 nitrogen and oxygen atoms in total. The topological polar surface area (TPSA) is 207 Å². The Hall–Kier alpha value is -5.74. The number of nitrogens with two attached hydrogens (primary N) is 1. The summed E-state index contributed by atoms with van der Waals surface area (Å²) in [4.78, 5) is 63.7. The number of ketones is 1. The van der Waals surface area contributed by atoms with Crippen LogP contribution in [0.1, 0.15) is 56.0 Å². The summed E-state index contributed by atoms with van der Waals surface area (Å²) in [6, 6.07) is 27.8. The standard InChI is InChI=1S/C39H41N5O10/c1-24(2)33(48)38(28(52-31(47)21-20-30(45)46)22-29(53-38)44-23-41-32-34(44)42-36(40)43-35(32)49)39(50-3,51-4)54-37(25-14-8-5-9-15-25,26-16-10-6-11-17-26)27-18-12-7-13-19-27/h5-19,23-24,28-29H,20-22H2,1-4H3,(H,45,46)(H3,40,42,43,49)/t28-,29+,38+/m0/s1. The van der Waals surface area contributed by atoms with Crippen molar-refractivity contribution in [3.8, 4) is 0 Å². The predicted octanol–water partition coefficient (Wildman–Crippen LogP) is 4.32. The van der Waals surface area contributed by atoms with Gasteiger partial charge in [-0.05, 0) is 16.7 Å². The Morgan fingerprint density at radius 1 is 0.944 bits per heavy atom. The van der Waals surface area contributed by atoms with Crippen molar-refractivity contribution in [3.63, 3.8) is 0 Å². The number of carboxylic acids is 1. The molecule has 0 radical (unpaired) electrons. The monoisotopic (exact) mass is 739 g/mol. The maximum atomic E-state index is 15.1. The van der Waals surface area contributed by atoms with Crippen molar-refractivity contribution in [2.24, 2.45) is 5.92 Å². The number of aromatic amines is 1. The zero-order valence-corrected chi connectivity index (χ0v) is 30.1. The molecule has 0 bridgehead atoms. The van der Waals surface area contributed by atoms with Crippen LogP contribution in [-0.4, -0.2) is 74.2 Å². The number of nitrogens with one attached hydrogen (secondary N) is 1. The minimum Gasteiger partial charge on any atom is -0.481 e. The highest BCUT2D eigenvalue weighted by Gasteiger charge is 2.73. The number of ether oxygens (including phenoxy) is 5. The summed E-state index contributed by atoms with van der Waals surface area (Å²) >= 11 is 0. The van der Waals surface area contributed by atoms with E-state index < -0.39 is 71.5 Å². The number of esters is 1. The zero-order chi connectivity index (χ0) is 38.7. The third kappa shape index (κ3) is 6.55. The predicted molar refractivity (Wildman–Crippen MR) is 194 cm³/mol. The summed E-state index contributed by atoms with van der Waals surface area (Å²) in [5, 5.41) is 9.35. The number of aromatic nitrogens is 4. The van der Waals surface area contributed by atoms with E-state index in [1.807, 2.05) is 91.0 Å². The Bertz CT molecular complexity index is 2070. The fourth-order valence-electron chi connectivity index (χ4n) is 7.08. The zero-order valence-electron chi connectivity index (χ0n) is 30.1. The van der Waals surface area contributed by atoms with Crippen molar-refractivity contribution in [2.75, 3.05) is 20.0 Å². The first-order valence-electron chi connectivity index (χ1n) is 17.2. The lowest BCUT2D eigenvalue weighted by atomic mass is 9.78. The first-order valence-corrected chi connectivity index (χ1v) is 17.2. The van der Waals surface area contributed by atoms with Gasteiger partial charge in [-0.1, -0.05) is 105 Å². The molecule has 54 heavy (non-hydrogen) atoms. The van der Waals surface area contributed by atoms with Crippen molar-refractivity contribution in [3.05, 3.63) is 124 Å². The number of benzene rings is 3. The van der Waals surface area contributed by atoms with E-state index in [0.717, 1.165) is 0 Å². The number of carbonyl (C=O) groups is 3. The molecule has 1 aliphatic heterocycles. The normalized spacial score (nSPS) is 18.9. The van der Waals surface area contributed by atoms with E-state index >= 15 is 4.79 Å². The van der Waals surface area contributed by atoms with Gasteiger partial charge in [0.25, 0.3) is 5.56 Å². The van der Waals surface area contributed by atoms with Gasteiger partial charge in [0.15, 0.2) is 23.1 Å². The molecule has 4 N–H and O–H groups in total. The lowest BCUT2D eigenvalue weighted by molar-refractivity contribution is -0.447. The Kier molecular flexibility index (Phi) is 10.8. The van der Waals surface area contributed by atoms with Gasteiger partial charge in [0.05, 0.1) is 19.2 Å². The first-order chi connectivity index (χ1) is 25.9. The molecule has 1 saturated heterocycles. The van der Waals surface area contributed by atoms with Gasteiger partial charge in [-0.25, -0.2) is 4.98 Å². The second-order valence-electron chi connectivity index (χ2n) is 13.1. The Morgan fingerprint density at radius 2 is 1.48 bits per heavy atom. The van der Waals surface area contributed by atoms with Gasteiger partial charge >= 0.3 is 17.9 Å². The second kappa shape index (κ2) is 15.3. The average Bonchev–Trinajstić information content (AvgIpc) is 3.78. The molecule has 1 fully saturated rings. The van der Waals surface area contributed by atoms with Crippen LogP contribution < -0.4 is 11.3 Å². The minimum absolute atomic E-state index is 0.0264. The molecule has 282 valence electrons. The molecule has 0 amide bonds. The SMILES string of the molecule is COC(OC)(OC(c1ccccc1)(c1ccccc1)c1ccccc1)[C@@]1(C(=O)C(C)C)O[C@@H](n2cnc3c(=O)[nH]c(N)nc32)C[C@@H]1OC(=O)CCC(=O)O. The molecule has 3 atom stereocenters. The first kappa shape index (κ1) is 38.0. The number of carboxylic acid groups (broad SMARTS) is 1. The number of hydrogen-bond donors (Lipinski definition) is 3. The van der Waals surface area contributed by atoms with Crippen LogP contribution in [0.15, 0.2) is 102 Å². The van der Waals surface area contributed by atoms with Crippen LogP contribution in [0.2, 0.25) is 0 Å². The third-order valence-electron chi connectivity index (χ3n) is 9.48. The second-order valence-corrected chi connectivity index (χ2v) is 13.1. The number of imidazole rings is 1. The number of hydrogen-bond acceptors (Lipinski definition) is 12. The van der Waals surface area contributed by atoms with Gasteiger partial charge in [0.2, 0.25) is 11.5 Å². The van der Waals surface area contributed by atoms with Gasteiger partial charge in [0.1, 0.15) is 11.8 Å². The largest absolute Gasteiger partial charge is 0.481 e. The van der Waals surface area contributed by atoms with E-state index in [1.54, 1.807) is 13.8 Å². The summed E-state index contributed by atoms with van der Waals surface area (Å²) in [6.07, 6.45) is -2.74. The molecule has 0 aliphatic carbocycles. The van der Waals surface area contributed by atoms with Gasteiger partial charge < -0.3 is 34.5 Å². The minimum atomic E-state index is -2.53. The van der Waals surface area contributed by atoms with Crippen LogP contribution in [0.25, 0.3) is 11.2 Å². The number of nitrogens with zero attached hydrogens (tertiary/aromatic N) is 3. The molecule has 0 spiro atoms. The lowest BCUT2D eigenvalue weighted by Crippen LogP contribution is -2.71. The number of fused-ring (bicyclic) bond motifs is 1. The number of nitrogen functional groups attached to an aromatic ring is 1. The van der Waals surface area contributed by atoms with Gasteiger partial charge in [-0.15, -0.1) is 0 Å². The van der Waals surface area contributed by atoms with Gasteiger partial charge in [-0.2, -0.15) is 4.98 Å². The molecule has 6 rings (SSSR count). The molecule has 0 unspecified atom stereocenters. The number of aliphatic carboxylic acids is 1. The maximum absolute atomic E-state index is 15.1. The van der Waals surface area contributed by atoms with E-state index in [-0.39, 0.29) is 23.5 Å².